The van der Waals surface area contributed by atoms with Crippen molar-refractivity contribution in [2.24, 2.45) is 11.8 Å². The molecule has 0 radical (unpaired) electrons. The highest BCUT2D eigenvalue weighted by Crippen LogP contribution is 2.44. The lowest BCUT2D eigenvalue weighted by Crippen LogP contribution is -2.39. The van der Waals surface area contributed by atoms with Crippen LogP contribution in [0.15, 0.2) is 29.4 Å². The van der Waals surface area contributed by atoms with Gasteiger partial charge in [0, 0.05) is 6.04 Å². The monoisotopic (exact) mass is 343 g/mol. The molecule has 2 fully saturated rings. The Labute approximate surface area is 145 Å². The van der Waals surface area contributed by atoms with Crippen LogP contribution < -0.4 is 5.32 Å². The predicted molar refractivity (Wildman–Crippen MR) is 92.0 cm³/mol. The van der Waals surface area contributed by atoms with Gasteiger partial charge in [0.25, 0.3) is 0 Å². The zero-order chi connectivity index (χ0) is 16.5. The van der Waals surface area contributed by atoms with Gasteiger partial charge in [0.05, 0.1) is 11.4 Å². The molecule has 0 saturated heterocycles. The Kier molecular flexibility index (Phi) is 4.26. The first kappa shape index (κ1) is 15.6. The molecule has 0 spiro atoms. The Morgan fingerprint density at radius 2 is 1.92 bits per heavy atom. The van der Waals surface area contributed by atoms with E-state index in [2.05, 4.69) is 20.8 Å². The minimum Gasteiger partial charge on any atom is -0.352 e. The van der Waals surface area contributed by atoms with Crippen LogP contribution in [0.5, 0.6) is 0 Å². The zero-order valence-electron chi connectivity index (χ0n) is 13.7. The van der Waals surface area contributed by atoms with Crippen molar-refractivity contribution in [1.82, 2.24) is 25.5 Å². The van der Waals surface area contributed by atoms with Gasteiger partial charge in [0.2, 0.25) is 11.1 Å². The molecule has 1 amide bonds. The van der Waals surface area contributed by atoms with Crippen LogP contribution >= 0.6 is 11.8 Å². The van der Waals surface area contributed by atoms with E-state index in [9.17, 15) is 4.79 Å². The molecule has 1 aromatic carbocycles. The highest BCUT2D eigenvalue weighted by molar-refractivity contribution is 7.99. The molecular formula is C17H21N5OS. The van der Waals surface area contributed by atoms with E-state index in [0.29, 0.717) is 28.8 Å². The lowest BCUT2D eigenvalue weighted by molar-refractivity contribution is -0.119. The van der Waals surface area contributed by atoms with E-state index in [0.717, 1.165) is 5.69 Å². The Bertz CT molecular complexity index is 709. The average Bonchev–Trinajstić information content (AvgIpc) is 3.50. The molecule has 24 heavy (non-hydrogen) atoms. The first-order chi connectivity index (χ1) is 11.7. The van der Waals surface area contributed by atoms with Gasteiger partial charge in [-0.25, -0.2) is 0 Å². The lowest BCUT2D eigenvalue weighted by Gasteiger charge is -2.17. The summed E-state index contributed by atoms with van der Waals surface area (Å²) in [6.07, 6.45) is 5.06. The molecule has 0 bridgehead atoms. The van der Waals surface area contributed by atoms with Gasteiger partial charge in [-0.2, -0.15) is 4.68 Å². The van der Waals surface area contributed by atoms with Crippen molar-refractivity contribution >= 4 is 17.7 Å². The van der Waals surface area contributed by atoms with Gasteiger partial charge in [-0.05, 0) is 67.0 Å². The second-order valence-corrected chi connectivity index (χ2v) is 7.71. The third kappa shape index (κ3) is 3.61. The molecule has 6 nitrogen and oxygen atoms in total. The Morgan fingerprint density at radius 1 is 1.25 bits per heavy atom. The van der Waals surface area contributed by atoms with Gasteiger partial charge in [-0.3, -0.25) is 4.79 Å². The number of hydrogen-bond acceptors (Lipinski definition) is 5. The summed E-state index contributed by atoms with van der Waals surface area (Å²) in [7, 11) is 0. The molecule has 4 rings (SSSR count). The molecule has 1 N–H and O–H groups in total. The smallest absolute Gasteiger partial charge is 0.230 e. The van der Waals surface area contributed by atoms with E-state index in [1.807, 2.05) is 31.2 Å². The van der Waals surface area contributed by atoms with Gasteiger partial charge in [0.15, 0.2) is 0 Å². The maximum atomic E-state index is 12.3. The van der Waals surface area contributed by atoms with Gasteiger partial charge >= 0.3 is 0 Å². The first-order valence-corrected chi connectivity index (χ1v) is 9.47. The fourth-order valence-electron chi connectivity index (χ4n) is 3.01. The molecule has 1 heterocycles. The second-order valence-electron chi connectivity index (χ2n) is 6.77. The van der Waals surface area contributed by atoms with E-state index >= 15 is 0 Å². The number of carbonyl (C=O) groups is 1. The number of aromatic nitrogens is 4. The zero-order valence-corrected chi connectivity index (χ0v) is 14.5. The molecule has 2 saturated carbocycles. The summed E-state index contributed by atoms with van der Waals surface area (Å²) >= 11 is 1.38. The number of hydrogen-bond donors (Lipinski definition) is 1. The topological polar surface area (TPSA) is 72.7 Å². The van der Waals surface area contributed by atoms with Crippen LogP contribution in [0, 0.1) is 18.8 Å². The summed E-state index contributed by atoms with van der Waals surface area (Å²) < 4.78 is 1.68. The maximum Gasteiger partial charge on any atom is 0.230 e. The minimum atomic E-state index is 0.0854. The van der Waals surface area contributed by atoms with Crippen LogP contribution in [0.3, 0.4) is 0 Å². The Morgan fingerprint density at radius 3 is 2.54 bits per heavy atom. The number of benzene rings is 1. The van der Waals surface area contributed by atoms with Crippen molar-refractivity contribution in [2.75, 3.05) is 5.75 Å². The van der Waals surface area contributed by atoms with Crippen molar-refractivity contribution in [3.05, 3.63) is 29.8 Å². The molecule has 0 atom stereocenters. The Balaban J connectivity index is 1.36. The molecule has 0 unspecified atom stereocenters. The summed E-state index contributed by atoms with van der Waals surface area (Å²) in [5.41, 5.74) is 2.09. The number of carbonyl (C=O) groups excluding carboxylic acids is 1. The van der Waals surface area contributed by atoms with Crippen LogP contribution in [0.1, 0.15) is 31.2 Å². The van der Waals surface area contributed by atoms with Gasteiger partial charge in [0.1, 0.15) is 0 Å². The number of nitrogens with one attached hydrogen (secondary N) is 1. The number of thioether (sulfide) groups is 1. The molecule has 7 heteroatoms. The third-order valence-electron chi connectivity index (χ3n) is 4.64. The molecule has 1 aromatic heterocycles. The molecule has 2 aromatic rings. The summed E-state index contributed by atoms with van der Waals surface area (Å²) in [4.78, 5) is 12.3. The van der Waals surface area contributed by atoms with E-state index in [1.165, 1.54) is 43.0 Å². The predicted octanol–water partition coefficient (Wildman–Crippen LogP) is 2.37. The summed E-state index contributed by atoms with van der Waals surface area (Å²) in [6, 6.07) is 8.39. The molecule has 0 aliphatic heterocycles. The highest BCUT2D eigenvalue weighted by atomic mass is 32.2. The molecular weight excluding hydrogens is 322 g/mol. The second kappa shape index (κ2) is 6.55. The summed E-state index contributed by atoms with van der Waals surface area (Å²) in [5, 5.41) is 15.7. The normalized spacial score (nSPS) is 17.2. The maximum absolute atomic E-state index is 12.3. The first-order valence-electron chi connectivity index (χ1n) is 8.48. The number of aryl methyl sites for hydroxylation is 1. The van der Waals surface area contributed by atoms with Gasteiger partial charge in [-0.15, -0.1) is 5.10 Å². The fraction of sp³-hybridized carbons (Fsp3) is 0.529. The van der Waals surface area contributed by atoms with Crippen LogP contribution in [-0.4, -0.2) is 37.9 Å². The highest BCUT2D eigenvalue weighted by Gasteiger charge is 2.42. The van der Waals surface area contributed by atoms with Crippen LogP contribution in [0.2, 0.25) is 0 Å². The Hall–Kier alpha value is -1.89. The number of rotatable bonds is 7. The molecule has 2 aliphatic carbocycles. The van der Waals surface area contributed by atoms with Crippen molar-refractivity contribution in [3.8, 4) is 5.69 Å². The molecule has 2 aliphatic rings. The quantitative estimate of drug-likeness (QED) is 0.782. The van der Waals surface area contributed by atoms with E-state index in [4.69, 9.17) is 0 Å². The van der Waals surface area contributed by atoms with Crippen molar-refractivity contribution in [1.29, 1.82) is 0 Å². The van der Waals surface area contributed by atoms with Crippen LogP contribution in [0.25, 0.3) is 5.69 Å². The summed E-state index contributed by atoms with van der Waals surface area (Å²) in [6.45, 7) is 2.04. The van der Waals surface area contributed by atoms with E-state index in [1.54, 1.807) is 4.68 Å². The van der Waals surface area contributed by atoms with Gasteiger partial charge in [-0.1, -0.05) is 29.5 Å². The number of amides is 1. The summed E-state index contributed by atoms with van der Waals surface area (Å²) in [5.74, 6) is 1.86. The standard InChI is InChI=1S/C17H21N5OS/c1-11-2-8-14(9-3-11)22-17(19-20-21-22)24-10-15(23)18-16(12-4-5-12)13-6-7-13/h2-3,8-9,12-13,16H,4-7,10H2,1H3,(H,18,23). The fourth-order valence-corrected chi connectivity index (χ4v) is 3.71. The lowest BCUT2D eigenvalue weighted by atomic mass is 10.1. The SMILES string of the molecule is Cc1ccc(-n2nnnc2SCC(=O)NC(C2CC2)C2CC2)cc1. The van der Waals surface area contributed by atoms with E-state index < -0.39 is 0 Å². The largest absolute Gasteiger partial charge is 0.352 e. The van der Waals surface area contributed by atoms with Crippen LogP contribution in [-0.2, 0) is 4.79 Å². The van der Waals surface area contributed by atoms with E-state index in [-0.39, 0.29) is 5.91 Å². The minimum absolute atomic E-state index is 0.0854. The van der Waals surface area contributed by atoms with Crippen molar-refractivity contribution in [2.45, 2.75) is 43.8 Å². The average molecular weight is 343 g/mol. The van der Waals surface area contributed by atoms with Gasteiger partial charge < -0.3 is 5.32 Å². The third-order valence-corrected chi connectivity index (χ3v) is 5.56. The molecule has 126 valence electrons. The number of nitrogens with zero attached hydrogens (tertiary/aromatic N) is 4. The number of tetrazole rings is 1. The van der Waals surface area contributed by atoms with Crippen molar-refractivity contribution < 1.29 is 4.79 Å². The van der Waals surface area contributed by atoms with Crippen molar-refractivity contribution in [3.63, 3.8) is 0 Å². The van der Waals surface area contributed by atoms with Crippen LogP contribution in [0.4, 0.5) is 0 Å².